The van der Waals surface area contributed by atoms with E-state index in [4.69, 9.17) is 25.8 Å². The summed E-state index contributed by atoms with van der Waals surface area (Å²) in [6, 6.07) is 11.4. The molecule has 5 aliphatic rings. The van der Waals surface area contributed by atoms with Gasteiger partial charge in [-0.25, -0.2) is 13.1 Å². The molecule has 2 bridgehead atoms. The Labute approximate surface area is 307 Å². The molecule has 6 atom stereocenters. The first-order valence-electron chi connectivity index (χ1n) is 18.7. The molecule has 2 amide bonds. The van der Waals surface area contributed by atoms with Gasteiger partial charge in [0.2, 0.25) is 15.9 Å². The number of hydrogen-bond donors (Lipinski definition) is 1. The summed E-state index contributed by atoms with van der Waals surface area (Å²) >= 11 is 6.47. The van der Waals surface area contributed by atoms with Crippen molar-refractivity contribution in [1.82, 2.24) is 9.62 Å². The van der Waals surface area contributed by atoms with Crippen LogP contribution >= 0.6 is 11.6 Å². The third kappa shape index (κ3) is 7.25. The lowest BCUT2D eigenvalue weighted by atomic mass is 9.64. The Morgan fingerprint density at radius 2 is 1.80 bits per heavy atom. The van der Waals surface area contributed by atoms with E-state index in [-0.39, 0.29) is 29.2 Å². The first kappa shape index (κ1) is 36.5. The molecule has 0 aromatic heterocycles. The highest BCUT2D eigenvalue weighted by atomic mass is 35.5. The average Bonchev–Trinajstić information content (AvgIpc) is 3.25. The summed E-state index contributed by atoms with van der Waals surface area (Å²) in [4.78, 5) is 29.7. The quantitative estimate of drug-likeness (QED) is 0.403. The van der Waals surface area contributed by atoms with Gasteiger partial charge in [0.05, 0.1) is 36.8 Å². The van der Waals surface area contributed by atoms with Gasteiger partial charge < -0.3 is 24.0 Å². The highest BCUT2D eigenvalue weighted by Gasteiger charge is 2.47. The maximum absolute atomic E-state index is 13.6. The van der Waals surface area contributed by atoms with Crippen LogP contribution in [-0.4, -0.2) is 82.7 Å². The largest absolute Gasteiger partial charge is 0.490 e. The first-order valence-corrected chi connectivity index (χ1v) is 20.6. The molecule has 7 rings (SSSR count). The molecular weight excluding hydrogens is 690 g/mol. The van der Waals surface area contributed by atoms with E-state index >= 15 is 0 Å². The van der Waals surface area contributed by atoms with E-state index in [1.54, 1.807) is 31.9 Å². The normalized spacial score (nSPS) is 33.8. The standard InChI is InChI=1S/C39H52ClN3O7S/c1-24-7-5-9-33(38-48-20-31(21-49-38)42(4)26(3)44)32-13-10-29(32)19-43-22-39(16-6-8-27-17-30(40)12-14-34(27)39)23-50-36-15-11-28(18-35(36)43)37(45)41-51(46,47)25(24)2/h11-12,14-15,17-18,24-25,29,31-33,38H,5-10,13,16,19-23H2,1-4H3,(H,41,45)/t24-,25+,29-,31-,32+,33+,38-,39-/m0/s1. The molecule has 1 saturated carbocycles. The van der Waals surface area contributed by atoms with Crippen LogP contribution in [0.3, 0.4) is 0 Å². The maximum atomic E-state index is 13.6. The zero-order valence-corrected chi connectivity index (χ0v) is 31.8. The van der Waals surface area contributed by atoms with Crippen LogP contribution in [0.2, 0.25) is 5.02 Å². The van der Waals surface area contributed by atoms with E-state index in [0.717, 1.165) is 62.2 Å². The molecule has 1 N–H and O–H groups in total. The highest BCUT2D eigenvalue weighted by molar-refractivity contribution is 7.90. The van der Waals surface area contributed by atoms with Crippen LogP contribution in [0.1, 0.15) is 87.2 Å². The first-order chi connectivity index (χ1) is 24.3. The van der Waals surface area contributed by atoms with E-state index in [9.17, 15) is 18.0 Å². The van der Waals surface area contributed by atoms with Crippen molar-refractivity contribution < 1.29 is 32.2 Å². The van der Waals surface area contributed by atoms with Crippen LogP contribution in [0, 0.1) is 23.7 Å². The number of nitrogens with one attached hydrogen (secondary N) is 1. The number of halogens is 1. The number of carbonyl (C=O) groups excluding carboxylic acids is 2. The number of carbonyl (C=O) groups is 2. The van der Waals surface area contributed by atoms with Crippen molar-refractivity contribution in [3.8, 4) is 5.75 Å². The Kier molecular flexibility index (Phi) is 10.4. The lowest BCUT2D eigenvalue weighted by Crippen LogP contribution is -2.53. The number of fused-ring (bicyclic) bond motifs is 4. The smallest absolute Gasteiger partial charge is 0.264 e. The van der Waals surface area contributed by atoms with Crippen LogP contribution < -0.4 is 14.4 Å². The van der Waals surface area contributed by atoms with E-state index in [1.165, 1.54) is 11.1 Å². The van der Waals surface area contributed by atoms with Crippen molar-refractivity contribution in [3.63, 3.8) is 0 Å². The minimum absolute atomic E-state index is 0.0185. The Balaban J connectivity index is 1.25. The molecule has 278 valence electrons. The van der Waals surface area contributed by atoms with Crippen molar-refractivity contribution in [2.75, 3.05) is 44.9 Å². The Morgan fingerprint density at radius 3 is 2.53 bits per heavy atom. The molecule has 0 unspecified atom stereocenters. The van der Waals surface area contributed by atoms with E-state index in [1.807, 2.05) is 25.1 Å². The number of hydrogen-bond acceptors (Lipinski definition) is 8. The van der Waals surface area contributed by atoms with Crippen molar-refractivity contribution in [2.24, 2.45) is 23.7 Å². The second-order valence-electron chi connectivity index (χ2n) is 15.9. The fraction of sp³-hybridized carbons (Fsp3) is 0.641. The van der Waals surface area contributed by atoms with E-state index in [2.05, 4.69) is 21.8 Å². The molecule has 3 heterocycles. The summed E-state index contributed by atoms with van der Waals surface area (Å²) in [6.45, 7) is 7.99. The zero-order valence-electron chi connectivity index (χ0n) is 30.2. The lowest BCUT2D eigenvalue weighted by molar-refractivity contribution is -0.241. The number of rotatable bonds is 2. The predicted molar refractivity (Wildman–Crippen MR) is 197 cm³/mol. The number of amides is 2. The number of likely N-dealkylation sites (N-methyl/N-ethyl adjacent to an activating group) is 1. The molecule has 51 heavy (non-hydrogen) atoms. The predicted octanol–water partition coefficient (Wildman–Crippen LogP) is 5.94. The SMILES string of the molecule is CC(=O)N(C)[C@H]1CO[C@H]([C@@H]2CCC[C@H](C)[C@@H](C)S(=O)(=O)NC(=O)c3ccc4c(c3)N(C[C@@H]3CC[C@H]32)C[C@@]2(CCCc3cc(Cl)ccc32)CO4)OC1. The van der Waals surface area contributed by atoms with Crippen LogP contribution in [0.4, 0.5) is 5.69 Å². The fourth-order valence-corrected chi connectivity index (χ4v) is 10.7. The Morgan fingerprint density at radius 1 is 1.02 bits per heavy atom. The van der Waals surface area contributed by atoms with Crippen LogP contribution in [-0.2, 0) is 36.1 Å². The van der Waals surface area contributed by atoms with Crippen molar-refractivity contribution in [3.05, 3.63) is 58.1 Å². The molecule has 0 radical (unpaired) electrons. The number of benzene rings is 2. The van der Waals surface area contributed by atoms with Crippen LogP contribution in [0.25, 0.3) is 0 Å². The van der Waals surface area contributed by atoms with Gasteiger partial charge in [-0.15, -0.1) is 0 Å². The van der Waals surface area contributed by atoms with Crippen molar-refractivity contribution >= 4 is 39.1 Å². The summed E-state index contributed by atoms with van der Waals surface area (Å²) in [6.07, 6.45) is 7.03. The number of anilines is 1. The number of nitrogens with zero attached hydrogens (tertiary/aromatic N) is 2. The monoisotopic (exact) mass is 741 g/mol. The molecule has 1 saturated heterocycles. The number of sulfonamides is 1. The molecule has 2 aromatic carbocycles. The highest BCUT2D eigenvalue weighted by Crippen LogP contribution is 2.49. The second-order valence-corrected chi connectivity index (χ2v) is 18.3. The third-order valence-corrected chi connectivity index (χ3v) is 15.0. The van der Waals surface area contributed by atoms with E-state index < -0.39 is 27.5 Å². The Bertz CT molecular complexity index is 1750. The average molecular weight is 742 g/mol. The zero-order chi connectivity index (χ0) is 36.1. The van der Waals surface area contributed by atoms with Gasteiger partial charge in [0, 0.05) is 49.0 Å². The van der Waals surface area contributed by atoms with Gasteiger partial charge in [-0.3, -0.25) is 9.59 Å². The molecule has 3 aliphatic heterocycles. The summed E-state index contributed by atoms with van der Waals surface area (Å²) in [5.41, 5.74) is 3.35. The minimum Gasteiger partial charge on any atom is -0.490 e. The summed E-state index contributed by atoms with van der Waals surface area (Å²) < 4.78 is 48.9. The summed E-state index contributed by atoms with van der Waals surface area (Å²) in [5.74, 6) is 0.717. The number of aryl methyl sites for hydroxylation is 1. The van der Waals surface area contributed by atoms with Gasteiger partial charge in [-0.1, -0.05) is 31.0 Å². The molecule has 1 spiro atoms. The van der Waals surface area contributed by atoms with Gasteiger partial charge in [0.25, 0.3) is 5.91 Å². The molecular formula is C39H52ClN3O7S. The number of ether oxygens (including phenoxy) is 3. The van der Waals surface area contributed by atoms with Gasteiger partial charge in [0.15, 0.2) is 6.29 Å². The minimum atomic E-state index is -3.94. The third-order valence-electron chi connectivity index (χ3n) is 12.8. The van der Waals surface area contributed by atoms with Crippen molar-refractivity contribution in [1.29, 1.82) is 0 Å². The second kappa shape index (κ2) is 14.5. The van der Waals surface area contributed by atoms with Crippen LogP contribution in [0.15, 0.2) is 36.4 Å². The Hall–Kier alpha value is -2.86. The molecule has 10 nitrogen and oxygen atoms in total. The molecule has 12 heteroatoms. The van der Waals surface area contributed by atoms with Crippen LogP contribution in [0.5, 0.6) is 5.75 Å². The van der Waals surface area contributed by atoms with Gasteiger partial charge >= 0.3 is 0 Å². The topological polar surface area (TPSA) is 114 Å². The van der Waals surface area contributed by atoms with Crippen molar-refractivity contribution in [2.45, 2.75) is 95.1 Å². The fourth-order valence-electron chi connectivity index (χ4n) is 9.21. The van der Waals surface area contributed by atoms with Gasteiger partial charge in [-0.2, -0.15) is 0 Å². The molecule has 2 aliphatic carbocycles. The molecule has 2 aromatic rings. The maximum Gasteiger partial charge on any atom is 0.264 e. The van der Waals surface area contributed by atoms with Gasteiger partial charge in [0.1, 0.15) is 5.75 Å². The summed E-state index contributed by atoms with van der Waals surface area (Å²) in [5, 5.41) is -0.0209. The lowest BCUT2D eigenvalue weighted by Gasteiger charge is -2.49. The van der Waals surface area contributed by atoms with E-state index in [0.29, 0.717) is 55.9 Å². The summed E-state index contributed by atoms with van der Waals surface area (Å²) in [7, 11) is -2.15. The molecule has 2 fully saturated rings. The van der Waals surface area contributed by atoms with Gasteiger partial charge in [-0.05, 0) is 111 Å².